The van der Waals surface area contributed by atoms with Crippen molar-refractivity contribution in [2.24, 2.45) is 5.73 Å². The van der Waals surface area contributed by atoms with Crippen LogP contribution in [-0.2, 0) is 30.4 Å². The molecule has 2 aromatic rings. The van der Waals surface area contributed by atoms with Crippen molar-refractivity contribution in [3.63, 3.8) is 0 Å². The summed E-state index contributed by atoms with van der Waals surface area (Å²) < 4.78 is 0. The van der Waals surface area contributed by atoms with Crippen LogP contribution in [0.15, 0.2) is 30.5 Å². The molecule has 1 aromatic carbocycles. The standard InChI is InChI=1S/C22H29N5O7S/c1-11(25-21(32)16(6-7-18(28)29)26-20(31)14(23)10-35)19(30)27-17(22(33)34)8-12-9-24-15-5-3-2-4-13(12)15/h2-5,9,11,14,16-17,24,35H,6-8,10,23H2,1H3,(H,25,32)(H,26,31)(H,27,30)(H,28,29)(H,33,34). The molecule has 0 aliphatic rings. The summed E-state index contributed by atoms with van der Waals surface area (Å²) in [5, 5.41) is 26.5. The number of carboxylic acid groups (broad SMARTS) is 2. The highest BCUT2D eigenvalue weighted by atomic mass is 32.1. The van der Waals surface area contributed by atoms with Gasteiger partial charge in [-0.05, 0) is 25.0 Å². The number of H-pyrrole nitrogens is 1. The Morgan fingerprint density at radius 2 is 1.66 bits per heavy atom. The van der Waals surface area contributed by atoms with Crippen molar-refractivity contribution >= 4 is 53.2 Å². The summed E-state index contributed by atoms with van der Waals surface area (Å²) in [7, 11) is 0. The molecule has 4 atom stereocenters. The van der Waals surface area contributed by atoms with E-state index in [4.69, 9.17) is 10.8 Å². The van der Waals surface area contributed by atoms with Crippen LogP contribution in [0.2, 0.25) is 0 Å². The molecule has 0 spiro atoms. The van der Waals surface area contributed by atoms with E-state index in [2.05, 4.69) is 33.6 Å². The lowest BCUT2D eigenvalue weighted by Crippen LogP contribution is -2.56. The number of fused-ring (bicyclic) bond motifs is 1. The fourth-order valence-electron chi connectivity index (χ4n) is 3.30. The van der Waals surface area contributed by atoms with Gasteiger partial charge in [0.25, 0.3) is 0 Å². The van der Waals surface area contributed by atoms with Crippen LogP contribution in [0.3, 0.4) is 0 Å². The van der Waals surface area contributed by atoms with Crippen LogP contribution in [-0.4, -0.2) is 74.8 Å². The molecule has 0 saturated carbocycles. The maximum Gasteiger partial charge on any atom is 0.326 e. The van der Waals surface area contributed by atoms with Crippen molar-refractivity contribution in [2.45, 2.75) is 50.4 Å². The number of nitrogens with one attached hydrogen (secondary N) is 4. The average Bonchev–Trinajstić information content (AvgIpc) is 3.22. The number of benzene rings is 1. The molecular weight excluding hydrogens is 478 g/mol. The zero-order valence-corrected chi connectivity index (χ0v) is 19.9. The quantitative estimate of drug-likeness (QED) is 0.164. The smallest absolute Gasteiger partial charge is 0.326 e. The van der Waals surface area contributed by atoms with Gasteiger partial charge in [0.1, 0.15) is 18.1 Å². The summed E-state index contributed by atoms with van der Waals surface area (Å²) in [4.78, 5) is 63.1. The maximum atomic E-state index is 12.7. The minimum absolute atomic E-state index is 0.00463. The molecule has 1 heterocycles. The Kier molecular flexibility index (Phi) is 10.1. The summed E-state index contributed by atoms with van der Waals surface area (Å²) >= 11 is 3.91. The number of nitrogens with two attached hydrogens (primary N) is 1. The molecule has 2 rings (SSSR count). The summed E-state index contributed by atoms with van der Waals surface area (Å²) in [6.45, 7) is 1.34. The van der Waals surface area contributed by atoms with Crippen molar-refractivity contribution in [3.8, 4) is 0 Å². The molecule has 0 radical (unpaired) electrons. The molecule has 190 valence electrons. The van der Waals surface area contributed by atoms with E-state index in [1.807, 2.05) is 24.3 Å². The minimum Gasteiger partial charge on any atom is -0.481 e. The SMILES string of the molecule is CC(NC(=O)C(CCC(=O)O)NC(=O)C(N)CS)C(=O)NC(Cc1c[nH]c2ccccc12)C(=O)O. The molecule has 8 N–H and O–H groups in total. The first-order valence-electron chi connectivity index (χ1n) is 10.8. The molecule has 4 unspecified atom stereocenters. The molecule has 0 aliphatic carbocycles. The molecular formula is C22H29N5O7S. The molecule has 13 heteroatoms. The predicted molar refractivity (Wildman–Crippen MR) is 130 cm³/mol. The number of rotatable bonds is 13. The summed E-state index contributed by atoms with van der Waals surface area (Å²) in [6.07, 6.45) is 1.02. The Balaban J connectivity index is 2.04. The van der Waals surface area contributed by atoms with Crippen LogP contribution in [0.1, 0.15) is 25.3 Å². The van der Waals surface area contributed by atoms with Gasteiger partial charge in [-0.1, -0.05) is 18.2 Å². The second kappa shape index (κ2) is 12.8. The summed E-state index contributed by atoms with van der Waals surface area (Å²) in [5.41, 5.74) is 7.11. The van der Waals surface area contributed by atoms with Gasteiger partial charge in [-0.25, -0.2) is 4.79 Å². The molecule has 1 aromatic heterocycles. The van der Waals surface area contributed by atoms with Gasteiger partial charge in [-0.15, -0.1) is 0 Å². The van der Waals surface area contributed by atoms with Crippen LogP contribution in [0.25, 0.3) is 10.9 Å². The van der Waals surface area contributed by atoms with Crippen LogP contribution < -0.4 is 21.7 Å². The topological polar surface area (TPSA) is 204 Å². The lowest BCUT2D eigenvalue weighted by molar-refractivity contribution is -0.142. The number of carboxylic acids is 2. The van der Waals surface area contributed by atoms with Crippen molar-refractivity contribution in [2.75, 3.05) is 5.75 Å². The van der Waals surface area contributed by atoms with Crippen LogP contribution >= 0.6 is 12.6 Å². The lowest BCUT2D eigenvalue weighted by Gasteiger charge is -2.23. The highest BCUT2D eigenvalue weighted by Crippen LogP contribution is 2.19. The maximum absolute atomic E-state index is 12.7. The van der Waals surface area contributed by atoms with Crippen molar-refractivity contribution in [3.05, 3.63) is 36.0 Å². The molecule has 0 aliphatic heterocycles. The van der Waals surface area contributed by atoms with E-state index in [-0.39, 0.29) is 18.6 Å². The Labute approximate surface area is 206 Å². The van der Waals surface area contributed by atoms with Gasteiger partial charge in [0.15, 0.2) is 0 Å². The van der Waals surface area contributed by atoms with Gasteiger partial charge in [-0.3, -0.25) is 19.2 Å². The van der Waals surface area contributed by atoms with Crippen molar-refractivity contribution in [1.29, 1.82) is 0 Å². The zero-order valence-electron chi connectivity index (χ0n) is 19.0. The molecule has 0 bridgehead atoms. The van der Waals surface area contributed by atoms with E-state index in [0.29, 0.717) is 5.56 Å². The highest BCUT2D eigenvalue weighted by molar-refractivity contribution is 7.80. The van der Waals surface area contributed by atoms with Gasteiger partial charge >= 0.3 is 11.9 Å². The molecule has 35 heavy (non-hydrogen) atoms. The van der Waals surface area contributed by atoms with E-state index >= 15 is 0 Å². The van der Waals surface area contributed by atoms with Crippen LogP contribution in [0.4, 0.5) is 0 Å². The van der Waals surface area contributed by atoms with Crippen LogP contribution in [0.5, 0.6) is 0 Å². The predicted octanol–water partition coefficient (Wildman–Crippen LogP) is -0.609. The van der Waals surface area contributed by atoms with Gasteiger partial charge < -0.3 is 36.9 Å². The number of amides is 3. The number of hydrogen-bond acceptors (Lipinski definition) is 7. The molecule has 0 saturated heterocycles. The van der Waals surface area contributed by atoms with Gasteiger partial charge in [0.2, 0.25) is 17.7 Å². The molecule has 0 fully saturated rings. The highest BCUT2D eigenvalue weighted by Gasteiger charge is 2.29. The number of para-hydroxylation sites is 1. The minimum atomic E-state index is -1.27. The molecule has 12 nitrogen and oxygen atoms in total. The Morgan fingerprint density at radius 1 is 1.00 bits per heavy atom. The first-order chi connectivity index (χ1) is 16.5. The second-order valence-corrected chi connectivity index (χ2v) is 8.34. The number of aliphatic carboxylic acids is 2. The lowest BCUT2D eigenvalue weighted by atomic mass is 10.0. The van der Waals surface area contributed by atoms with Crippen molar-refractivity contribution in [1.82, 2.24) is 20.9 Å². The fourth-order valence-corrected chi connectivity index (χ4v) is 3.46. The van der Waals surface area contributed by atoms with Crippen LogP contribution in [0, 0.1) is 0 Å². The first-order valence-corrected chi connectivity index (χ1v) is 11.4. The first kappa shape index (κ1) is 27.7. The number of carbonyl (C=O) groups is 5. The monoisotopic (exact) mass is 507 g/mol. The van der Waals surface area contributed by atoms with E-state index in [1.54, 1.807) is 6.20 Å². The second-order valence-electron chi connectivity index (χ2n) is 7.98. The van der Waals surface area contributed by atoms with E-state index in [0.717, 1.165) is 10.9 Å². The fraction of sp³-hybridized carbons (Fsp3) is 0.409. The normalized spacial score (nSPS) is 14.4. The number of aromatic amines is 1. The Bertz CT molecular complexity index is 1090. The third-order valence-corrected chi connectivity index (χ3v) is 5.67. The third kappa shape index (κ3) is 8.00. The van der Waals surface area contributed by atoms with E-state index < -0.39 is 60.2 Å². The average molecular weight is 508 g/mol. The van der Waals surface area contributed by atoms with E-state index in [9.17, 15) is 29.1 Å². The summed E-state index contributed by atoms with van der Waals surface area (Å²) in [5.74, 6) is -4.70. The number of aromatic nitrogens is 1. The van der Waals surface area contributed by atoms with Crippen molar-refractivity contribution < 1.29 is 34.2 Å². The van der Waals surface area contributed by atoms with Gasteiger partial charge in [0.05, 0.1) is 6.04 Å². The largest absolute Gasteiger partial charge is 0.481 e. The number of hydrogen-bond donors (Lipinski definition) is 8. The number of thiol groups is 1. The van der Waals surface area contributed by atoms with Gasteiger partial charge in [0, 0.05) is 35.7 Å². The Hall–Kier alpha value is -3.58. The Morgan fingerprint density at radius 3 is 2.29 bits per heavy atom. The number of carbonyl (C=O) groups excluding carboxylic acids is 3. The van der Waals surface area contributed by atoms with E-state index in [1.165, 1.54) is 6.92 Å². The third-order valence-electron chi connectivity index (χ3n) is 5.28. The molecule has 3 amide bonds. The van der Waals surface area contributed by atoms with Gasteiger partial charge in [-0.2, -0.15) is 12.6 Å². The summed E-state index contributed by atoms with van der Waals surface area (Å²) in [6, 6.07) is 2.60. The zero-order chi connectivity index (χ0) is 26.1.